The molecule has 2 aliphatic heterocycles. The number of aliphatic hydroxyl groups excluding tert-OH is 2. The average molecular weight is 531 g/mol. The molecule has 198 valence electrons. The molecule has 2 aromatic heterocycles. The number of phosphoric acid groups is 1. The molecule has 4 heterocycles. The normalized spacial score (nSPS) is 29.9. The third-order valence-corrected chi connectivity index (χ3v) is 6.95. The van der Waals surface area contributed by atoms with Gasteiger partial charge in [0.15, 0.2) is 0 Å². The molecule has 0 spiro atoms. The highest BCUT2D eigenvalue weighted by atomic mass is 31.2. The number of hydrogen-bond acceptors (Lipinski definition) is 12. The summed E-state index contributed by atoms with van der Waals surface area (Å²) in [5.41, 5.74) is 3.67. The topological polar surface area (TPSA) is 230 Å². The Labute approximate surface area is 202 Å². The van der Waals surface area contributed by atoms with Crippen LogP contribution in [0.3, 0.4) is 0 Å². The number of nitrogens with one attached hydrogen (secondary N) is 1. The molecule has 6 N–H and O–H groups in total. The fourth-order valence-corrected chi connectivity index (χ4v) is 5.28. The van der Waals surface area contributed by atoms with Gasteiger partial charge in [-0.25, -0.2) is 14.2 Å². The Hall–Kier alpha value is -2.69. The highest BCUT2D eigenvalue weighted by molar-refractivity contribution is 7.47. The van der Waals surface area contributed by atoms with Crippen LogP contribution in [0.1, 0.15) is 30.9 Å². The van der Waals surface area contributed by atoms with E-state index in [1.807, 2.05) is 0 Å². The lowest BCUT2D eigenvalue weighted by Gasteiger charge is -2.23. The van der Waals surface area contributed by atoms with Crippen LogP contribution in [0.15, 0.2) is 32.8 Å². The summed E-state index contributed by atoms with van der Waals surface area (Å²) < 4.78 is 36.7. The third kappa shape index (κ3) is 5.50. The summed E-state index contributed by atoms with van der Waals surface area (Å²) in [4.78, 5) is 52.1. The number of H-pyrrole nitrogens is 1. The molecule has 16 nitrogen and oxygen atoms in total. The summed E-state index contributed by atoms with van der Waals surface area (Å²) in [7, 11) is -4.83. The zero-order valence-electron chi connectivity index (χ0n) is 19.0. The molecule has 0 saturated carbocycles. The van der Waals surface area contributed by atoms with Crippen LogP contribution < -0.4 is 22.7 Å². The number of ether oxygens (including phenoxy) is 2. The van der Waals surface area contributed by atoms with Gasteiger partial charge >= 0.3 is 19.2 Å². The SMILES string of the molecule is Cc1cn([C@H]2C[C@H](OP(=O)(O)O[C@H]3C[C@H](n4ccc(N)nc4=O)O[C@@H]3CO)[C@@H](CO)O2)c(=O)[nH]c1=O. The summed E-state index contributed by atoms with van der Waals surface area (Å²) in [6.45, 7) is 0.305. The first-order chi connectivity index (χ1) is 17.0. The molecular formula is C19H26N5O11P. The molecule has 0 amide bonds. The zero-order chi connectivity index (χ0) is 26.2. The van der Waals surface area contributed by atoms with Crippen molar-refractivity contribution in [2.75, 3.05) is 18.9 Å². The standard InChI is InChI=1S/C19H26N5O11P/c1-9-6-24(19(29)22-17(9)27)16-5-11(13(8-26)33-16)35-36(30,31)34-10-4-15(32-12(10)7-25)23-3-2-14(20)21-18(23)28/h2-3,6,10-13,15-16,25-26H,4-5,7-8H2,1H3,(H,30,31)(H2,20,21,28)(H,22,27,29)/t10-,11-,12+,13+,15+,16+/m0/s1. The van der Waals surface area contributed by atoms with E-state index in [1.54, 1.807) is 0 Å². The summed E-state index contributed by atoms with van der Waals surface area (Å²) in [6, 6.07) is 1.37. The molecule has 0 radical (unpaired) electrons. The molecule has 17 heteroatoms. The smallest absolute Gasteiger partial charge is 0.394 e. The van der Waals surface area contributed by atoms with Crippen LogP contribution in [0.25, 0.3) is 0 Å². The maximum Gasteiger partial charge on any atom is 0.472 e. The minimum absolute atomic E-state index is 0.00354. The lowest BCUT2D eigenvalue weighted by molar-refractivity contribution is -0.0568. The number of nitrogen functional groups attached to an aromatic ring is 1. The molecule has 2 fully saturated rings. The van der Waals surface area contributed by atoms with E-state index < -0.39 is 74.8 Å². The van der Waals surface area contributed by atoms with E-state index in [0.717, 1.165) is 9.13 Å². The second-order valence-corrected chi connectivity index (χ2v) is 9.73. The van der Waals surface area contributed by atoms with Gasteiger partial charge in [0.2, 0.25) is 0 Å². The Balaban J connectivity index is 1.46. The molecule has 2 aliphatic rings. The monoisotopic (exact) mass is 531 g/mol. The van der Waals surface area contributed by atoms with Gasteiger partial charge in [0, 0.05) is 30.8 Å². The molecule has 1 unspecified atom stereocenters. The van der Waals surface area contributed by atoms with Crippen molar-refractivity contribution >= 4 is 13.6 Å². The number of hydrogen-bond donors (Lipinski definition) is 5. The van der Waals surface area contributed by atoms with Crippen molar-refractivity contribution in [2.45, 2.75) is 56.6 Å². The molecule has 0 bridgehead atoms. The summed E-state index contributed by atoms with van der Waals surface area (Å²) in [6.07, 6.45) is -4.01. The van der Waals surface area contributed by atoms with Gasteiger partial charge in [0.05, 0.1) is 13.2 Å². The lowest BCUT2D eigenvalue weighted by atomic mass is 10.2. The fourth-order valence-electron chi connectivity index (χ4n) is 4.10. The van der Waals surface area contributed by atoms with E-state index in [4.69, 9.17) is 24.3 Å². The van der Waals surface area contributed by atoms with Crippen molar-refractivity contribution in [3.8, 4) is 0 Å². The van der Waals surface area contributed by atoms with Crippen LogP contribution in [0.2, 0.25) is 0 Å². The van der Waals surface area contributed by atoms with E-state index in [9.17, 15) is 34.1 Å². The van der Waals surface area contributed by atoms with Crippen molar-refractivity contribution in [3.63, 3.8) is 0 Å². The van der Waals surface area contributed by atoms with Crippen LogP contribution in [-0.2, 0) is 23.1 Å². The van der Waals surface area contributed by atoms with Gasteiger partial charge in [-0.1, -0.05) is 0 Å². The first-order valence-electron chi connectivity index (χ1n) is 10.9. The minimum atomic E-state index is -4.83. The largest absolute Gasteiger partial charge is 0.472 e. The molecule has 0 aromatic carbocycles. The number of aliphatic hydroxyl groups is 2. The van der Waals surface area contributed by atoms with Crippen LogP contribution in [-0.4, -0.2) is 71.8 Å². The minimum Gasteiger partial charge on any atom is -0.394 e. The number of nitrogens with zero attached hydrogens (tertiary/aromatic N) is 3. The van der Waals surface area contributed by atoms with E-state index in [2.05, 4.69) is 9.97 Å². The first kappa shape index (κ1) is 26.4. The van der Waals surface area contributed by atoms with Gasteiger partial charge in [-0.2, -0.15) is 4.98 Å². The van der Waals surface area contributed by atoms with Gasteiger partial charge in [-0.3, -0.25) is 28.0 Å². The lowest BCUT2D eigenvalue weighted by Crippen LogP contribution is -2.33. The number of nitrogens with two attached hydrogens (primary N) is 1. The summed E-state index contributed by atoms with van der Waals surface area (Å²) >= 11 is 0. The van der Waals surface area contributed by atoms with Crippen LogP contribution in [0.5, 0.6) is 0 Å². The van der Waals surface area contributed by atoms with Crippen molar-refractivity contribution in [2.24, 2.45) is 0 Å². The predicted molar refractivity (Wildman–Crippen MR) is 120 cm³/mol. The quantitative estimate of drug-likeness (QED) is 0.235. The second kappa shape index (κ2) is 10.4. The number of anilines is 1. The summed E-state index contributed by atoms with van der Waals surface area (Å²) in [5.74, 6) is 0.00354. The molecular weight excluding hydrogens is 505 g/mol. The Bertz CT molecular complexity index is 1330. The maximum atomic E-state index is 12.8. The number of rotatable bonds is 8. The van der Waals surface area contributed by atoms with E-state index >= 15 is 0 Å². The molecule has 2 aromatic rings. The zero-order valence-corrected chi connectivity index (χ0v) is 19.9. The number of aromatic amines is 1. The maximum absolute atomic E-state index is 12.8. The molecule has 4 rings (SSSR count). The first-order valence-corrected chi connectivity index (χ1v) is 12.4. The number of aromatic nitrogens is 4. The van der Waals surface area contributed by atoms with Crippen molar-refractivity contribution < 1.29 is 38.2 Å². The van der Waals surface area contributed by atoms with Gasteiger partial charge in [0.25, 0.3) is 5.56 Å². The third-order valence-electron chi connectivity index (χ3n) is 5.88. The average Bonchev–Trinajstić information content (AvgIpc) is 3.38. The Morgan fingerprint density at radius 3 is 2.19 bits per heavy atom. The highest BCUT2D eigenvalue weighted by Gasteiger charge is 2.45. The van der Waals surface area contributed by atoms with Crippen molar-refractivity contribution in [3.05, 3.63) is 55.3 Å². The fraction of sp³-hybridized carbons (Fsp3) is 0.579. The molecule has 7 atom stereocenters. The van der Waals surface area contributed by atoms with Gasteiger partial charge in [0.1, 0.15) is 42.7 Å². The van der Waals surface area contributed by atoms with Crippen LogP contribution in [0.4, 0.5) is 5.82 Å². The van der Waals surface area contributed by atoms with E-state index in [-0.39, 0.29) is 24.2 Å². The van der Waals surface area contributed by atoms with Gasteiger partial charge < -0.3 is 30.3 Å². The molecule has 2 saturated heterocycles. The highest BCUT2D eigenvalue weighted by Crippen LogP contribution is 2.51. The van der Waals surface area contributed by atoms with Gasteiger partial charge in [-0.15, -0.1) is 0 Å². The molecule has 0 aliphatic carbocycles. The predicted octanol–water partition coefficient (Wildman–Crippen LogP) is -1.89. The Morgan fingerprint density at radius 1 is 1.11 bits per heavy atom. The van der Waals surface area contributed by atoms with Crippen molar-refractivity contribution in [1.29, 1.82) is 0 Å². The number of phosphoric ester groups is 1. The van der Waals surface area contributed by atoms with Crippen LogP contribution in [0, 0.1) is 6.92 Å². The second-order valence-electron chi connectivity index (χ2n) is 8.37. The molecule has 36 heavy (non-hydrogen) atoms. The van der Waals surface area contributed by atoms with E-state index in [1.165, 1.54) is 25.4 Å². The van der Waals surface area contributed by atoms with Crippen molar-refractivity contribution in [1.82, 2.24) is 19.1 Å². The van der Waals surface area contributed by atoms with Gasteiger partial charge in [-0.05, 0) is 13.0 Å². The van der Waals surface area contributed by atoms with Crippen LogP contribution >= 0.6 is 7.82 Å². The Morgan fingerprint density at radius 2 is 1.67 bits per heavy atom. The number of aryl methyl sites for hydroxylation is 1. The van der Waals surface area contributed by atoms with E-state index in [0.29, 0.717) is 0 Å². The summed E-state index contributed by atoms with van der Waals surface area (Å²) in [5, 5.41) is 19.3. The Kier molecular flexibility index (Phi) is 7.59.